The number of anilines is 1. The van der Waals surface area contributed by atoms with E-state index in [1.807, 2.05) is 42.7 Å². The zero-order valence-electron chi connectivity index (χ0n) is 11.6. The summed E-state index contributed by atoms with van der Waals surface area (Å²) in [5.41, 5.74) is 2.11. The highest BCUT2D eigenvalue weighted by Gasteiger charge is 2.04. The number of aromatic nitrogens is 1. The Hall–Kier alpha value is -2.26. The Morgan fingerprint density at radius 2 is 2.00 bits per heavy atom. The van der Waals surface area contributed by atoms with E-state index in [1.54, 1.807) is 7.11 Å². The Morgan fingerprint density at radius 1 is 1.14 bits per heavy atom. The first-order chi connectivity index (χ1) is 10.3. The van der Waals surface area contributed by atoms with Crippen LogP contribution in [0.15, 0.2) is 54.9 Å². The van der Waals surface area contributed by atoms with Crippen molar-refractivity contribution in [3.05, 3.63) is 65.4 Å². The number of hydrogen-bond acceptors (Lipinski definition) is 3. The van der Waals surface area contributed by atoms with Crippen LogP contribution >= 0.6 is 11.6 Å². The average Bonchev–Trinajstić information content (AvgIpc) is 2.53. The molecule has 0 radical (unpaired) electrons. The van der Waals surface area contributed by atoms with Crippen LogP contribution in [0.2, 0.25) is 5.02 Å². The molecule has 3 aromatic rings. The quantitative estimate of drug-likeness (QED) is 0.769. The number of ether oxygens (including phenoxy) is 1. The molecule has 0 saturated heterocycles. The molecule has 0 saturated carbocycles. The van der Waals surface area contributed by atoms with Gasteiger partial charge in [-0.1, -0.05) is 35.9 Å². The van der Waals surface area contributed by atoms with Crippen LogP contribution < -0.4 is 10.1 Å². The van der Waals surface area contributed by atoms with Crippen molar-refractivity contribution < 1.29 is 4.74 Å². The van der Waals surface area contributed by atoms with E-state index in [-0.39, 0.29) is 0 Å². The summed E-state index contributed by atoms with van der Waals surface area (Å²) in [7, 11) is 1.61. The highest BCUT2D eigenvalue weighted by atomic mass is 35.5. The molecule has 0 spiro atoms. The molecule has 0 aliphatic rings. The third-order valence-electron chi connectivity index (χ3n) is 3.39. The number of nitrogens with one attached hydrogen (secondary N) is 1. The van der Waals surface area contributed by atoms with Gasteiger partial charge in [-0.25, -0.2) is 0 Å². The summed E-state index contributed by atoms with van der Waals surface area (Å²) >= 11 is 6.13. The molecule has 1 heterocycles. The minimum Gasteiger partial charge on any atom is -0.495 e. The van der Waals surface area contributed by atoms with Gasteiger partial charge in [0.05, 0.1) is 12.1 Å². The number of rotatable bonds is 4. The number of halogens is 1. The first-order valence-electron chi connectivity index (χ1n) is 6.67. The standard InChI is InChI=1S/C17H15ClN2O/c1-21-17-7-6-14(8-16(17)18)20-11-13-10-19-9-12-4-2-3-5-15(12)13/h2-10,20H,11H2,1H3. The highest BCUT2D eigenvalue weighted by Crippen LogP contribution is 2.27. The zero-order chi connectivity index (χ0) is 14.7. The molecule has 3 nitrogen and oxygen atoms in total. The molecule has 0 fully saturated rings. The van der Waals surface area contributed by atoms with Crippen LogP contribution in [-0.4, -0.2) is 12.1 Å². The molecular formula is C17H15ClN2O. The molecule has 1 aromatic heterocycles. The molecule has 0 aliphatic carbocycles. The lowest BCUT2D eigenvalue weighted by Crippen LogP contribution is -2.01. The Morgan fingerprint density at radius 3 is 2.81 bits per heavy atom. The maximum Gasteiger partial charge on any atom is 0.137 e. The molecule has 0 bridgehead atoms. The molecular weight excluding hydrogens is 284 g/mol. The number of nitrogens with zero attached hydrogens (tertiary/aromatic N) is 1. The maximum atomic E-state index is 6.13. The predicted octanol–water partition coefficient (Wildman–Crippen LogP) is 4.51. The number of pyridine rings is 1. The number of fused-ring (bicyclic) bond motifs is 1. The molecule has 0 aliphatic heterocycles. The van der Waals surface area contributed by atoms with E-state index in [0.29, 0.717) is 17.3 Å². The molecule has 106 valence electrons. The van der Waals surface area contributed by atoms with Gasteiger partial charge in [-0.2, -0.15) is 0 Å². The fraction of sp³-hybridized carbons (Fsp3) is 0.118. The van der Waals surface area contributed by atoms with Crippen molar-refractivity contribution in [1.82, 2.24) is 4.98 Å². The predicted molar refractivity (Wildman–Crippen MR) is 87.1 cm³/mol. The van der Waals surface area contributed by atoms with Crippen molar-refractivity contribution in [2.45, 2.75) is 6.54 Å². The molecule has 3 rings (SSSR count). The van der Waals surface area contributed by atoms with Gasteiger partial charge in [-0.05, 0) is 29.1 Å². The molecule has 2 aromatic carbocycles. The Kier molecular flexibility index (Phi) is 3.93. The van der Waals surface area contributed by atoms with Crippen molar-refractivity contribution in [1.29, 1.82) is 0 Å². The lowest BCUT2D eigenvalue weighted by Gasteiger charge is -2.10. The lowest BCUT2D eigenvalue weighted by molar-refractivity contribution is 0.415. The summed E-state index contributed by atoms with van der Waals surface area (Å²) in [6.45, 7) is 0.691. The van der Waals surface area contributed by atoms with Crippen LogP contribution in [-0.2, 0) is 6.54 Å². The summed E-state index contributed by atoms with van der Waals surface area (Å²) in [5.74, 6) is 0.675. The van der Waals surface area contributed by atoms with Gasteiger partial charge >= 0.3 is 0 Å². The van der Waals surface area contributed by atoms with Crippen LogP contribution in [0.4, 0.5) is 5.69 Å². The normalized spacial score (nSPS) is 10.6. The summed E-state index contributed by atoms with van der Waals surface area (Å²) in [6.07, 6.45) is 3.77. The van der Waals surface area contributed by atoms with Gasteiger partial charge in [0.1, 0.15) is 5.75 Å². The van der Waals surface area contributed by atoms with Crippen LogP contribution in [0, 0.1) is 0 Å². The zero-order valence-corrected chi connectivity index (χ0v) is 12.4. The second-order valence-electron chi connectivity index (χ2n) is 4.72. The van der Waals surface area contributed by atoms with E-state index in [9.17, 15) is 0 Å². The van der Waals surface area contributed by atoms with E-state index in [0.717, 1.165) is 16.6 Å². The van der Waals surface area contributed by atoms with Crippen molar-refractivity contribution in [2.24, 2.45) is 0 Å². The summed E-state index contributed by atoms with van der Waals surface area (Å²) in [6, 6.07) is 13.9. The van der Waals surface area contributed by atoms with E-state index in [4.69, 9.17) is 16.3 Å². The lowest BCUT2D eigenvalue weighted by atomic mass is 10.1. The van der Waals surface area contributed by atoms with Gasteiger partial charge in [-0.3, -0.25) is 4.98 Å². The molecule has 0 amide bonds. The Balaban J connectivity index is 1.82. The second kappa shape index (κ2) is 6.02. The Labute approximate surface area is 128 Å². The van der Waals surface area contributed by atoms with Gasteiger partial charge < -0.3 is 10.1 Å². The number of benzene rings is 2. The van der Waals surface area contributed by atoms with Gasteiger partial charge in [0.2, 0.25) is 0 Å². The third kappa shape index (κ3) is 2.93. The van der Waals surface area contributed by atoms with Crippen molar-refractivity contribution >= 4 is 28.1 Å². The van der Waals surface area contributed by atoms with Crippen LogP contribution in [0.1, 0.15) is 5.56 Å². The second-order valence-corrected chi connectivity index (χ2v) is 5.13. The van der Waals surface area contributed by atoms with E-state index in [1.165, 1.54) is 5.39 Å². The number of hydrogen-bond donors (Lipinski definition) is 1. The van der Waals surface area contributed by atoms with Crippen molar-refractivity contribution in [3.8, 4) is 5.75 Å². The first-order valence-corrected chi connectivity index (χ1v) is 7.05. The maximum absolute atomic E-state index is 6.13. The molecule has 0 unspecified atom stereocenters. The van der Waals surface area contributed by atoms with E-state index in [2.05, 4.69) is 22.4 Å². The van der Waals surface area contributed by atoms with E-state index < -0.39 is 0 Å². The first kappa shape index (κ1) is 13.7. The fourth-order valence-electron chi connectivity index (χ4n) is 2.29. The highest BCUT2D eigenvalue weighted by molar-refractivity contribution is 6.32. The minimum atomic E-state index is 0.596. The average molecular weight is 299 g/mol. The van der Waals surface area contributed by atoms with Gasteiger partial charge in [-0.15, -0.1) is 0 Å². The monoisotopic (exact) mass is 298 g/mol. The van der Waals surface area contributed by atoms with Crippen molar-refractivity contribution in [2.75, 3.05) is 12.4 Å². The molecule has 0 atom stereocenters. The largest absolute Gasteiger partial charge is 0.495 e. The summed E-state index contributed by atoms with van der Waals surface area (Å²) in [5, 5.41) is 6.31. The van der Waals surface area contributed by atoms with Crippen molar-refractivity contribution in [3.63, 3.8) is 0 Å². The molecule has 21 heavy (non-hydrogen) atoms. The van der Waals surface area contributed by atoms with Crippen LogP contribution in [0.25, 0.3) is 10.8 Å². The van der Waals surface area contributed by atoms with Gasteiger partial charge in [0.15, 0.2) is 0 Å². The fourth-order valence-corrected chi connectivity index (χ4v) is 2.55. The molecule has 4 heteroatoms. The smallest absolute Gasteiger partial charge is 0.137 e. The van der Waals surface area contributed by atoms with Gasteiger partial charge in [0, 0.05) is 30.0 Å². The summed E-state index contributed by atoms with van der Waals surface area (Å²) in [4.78, 5) is 4.28. The van der Waals surface area contributed by atoms with Gasteiger partial charge in [0.25, 0.3) is 0 Å². The van der Waals surface area contributed by atoms with E-state index >= 15 is 0 Å². The number of methoxy groups -OCH3 is 1. The van der Waals surface area contributed by atoms with Crippen LogP contribution in [0.3, 0.4) is 0 Å². The Bertz CT molecular complexity index is 768. The minimum absolute atomic E-state index is 0.596. The topological polar surface area (TPSA) is 34.1 Å². The molecule has 1 N–H and O–H groups in total. The SMILES string of the molecule is COc1ccc(NCc2cncc3ccccc23)cc1Cl. The van der Waals surface area contributed by atoms with Crippen LogP contribution in [0.5, 0.6) is 5.75 Å². The summed E-state index contributed by atoms with van der Waals surface area (Å²) < 4.78 is 5.15. The third-order valence-corrected chi connectivity index (χ3v) is 3.68.